The molecule has 0 unspecified atom stereocenters. The summed E-state index contributed by atoms with van der Waals surface area (Å²) in [6.07, 6.45) is 5.22. The number of alkyl halides is 1. The van der Waals surface area contributed by atoms with E-state index in [1.165, 1.54) is 20.3 Å². The summed E-state index contributed by atoms with van der Waals surface area (Å²) in [6.45, 7) is 1.82. The number of ether oxygens (including phenoxy) is 2. The number of aromatic nitrogens is 4. The summed E-state index contributed by atoms with van der Waals surface area (Å²) in [6, 6.07) is 7.93. The van der Waals surface area contributed by atoms with Crippen LogP contribution in [0.1, 0.15) is 18.5 Å². The van der Waals surface area contributed by atoms with E-state index in [2.05, 4.69) is 24.9 Å². The molecule has 4 aromatic rings. The van der Waals surface area contributed by atoms with E-state index < -0.39 is 10.0 Å². The Bertz CT molecular complexity index is 1600. The molecule has 0 amide bonds. The van der Waals surface area contributed by atoms with Crippen molar-refractivity contribution in [2.24, 2.45) is 5.92 Å². The first kappa shape index (κ1) is 26.8. The van der Waals surface area contributed by atoms with Gasteiger partial charge in [-0.05, 0) is 25.0 Å². The van der Waals surface area contributed by atoms with E-state index in [0.717, 1.165) is 31.6 Å². The minimum absolute atomic E-state index is 0.0168. The van der Waals surface area contributed by atoms with Crippen LogP contribution in [0.3, 0.4) is 0 Å². The maximum absolute atomic E-state index is 13.1. The second-order valence-corrected chi connectivity index (χ2v) is 11.0. The number of nitrogens with one attached hydrogen (secondary N) is 1. The molecule has 3 aromatic heterocycles. The fourth-order valence-corrected chi connectivity index (χ4v) is 6.03. The summed E-state index contributed by atoms with van der Waals surface area (Å²) in [5.41, 5.74) is 1.64. The molecule has 1 N–H and O–H groups in total. The molecule has 1 saturated heterocycles. The predicted octanol–water partition coefficient (Wildman–Crippen LogP) is 3.31. The summed E-state index contributed by atoms with van der Waals surface area (Å²) >= 11 is 5.71. The second-order valence-electron chi connectivity index (χ2n) is 9.04. The molecule has 0 radical (unpaired) electrons. The molecule has 0 saturated carbocycles. The fraction of sp³-hybridized carbons (Fsp3) is 0.360. The van der Waals surface area contributed by atoms with Crippen molar-refractivity contribution in [3.8, 4) is 11.5 Å². The van der Waals surface area contributed by atoms with E-state index in [4.69, 9.17) is 25.6 Å². The number of carbonyl (C=O) groups is 1. The first-order valence-electron chi connectivity index (χ1n) is 12.2. The standard InChI is InChI=1S/C25H27ClN6O6S/c1-36-20-5-3-4-6-22(20)39(34,35)30-24-23-21(37-2)11-17(28-25(23)38-29-24)14-32-15-18(13-27-32)31-9-7-16(8-10-31)19(33)12-26/h3-6,11,13,15-16H,7-10,12,14H2,1-2H3,(H,29,30). The van der Waals surface area contributed by atoms with Crippen LogP contribution in [0.4, 0.5) is 11.5 Å². The van der Waals surface area contributed by atoms with Crippen molar-refractivity contribution in [2.45, 2.75) is 24.3 Å². The van der Waals surface area contributed by atoms with E-state index >= 15 is 0 Å². The zero-order valence-electron chi connectivity index (χ0n) is 21.3. The smallest absolute Gasteiger partial charge is 0.266 e. The van der Waals surface area contributed by atoms with Crippen LogP contribution >= 0.6 is 11.6 Å². The lowest BCUT2D eigenvalue weighted by atomic mass is 9.93. The molecule has 14 heteroatoms. The molecule has 0 aliphatic carbocycles. The first-order valence-corrected chi connectivity index (χ1v) is 14.2. The Labute approximate surface area is 229 Å². The molecule has 0 atom stereocenters. The average molecular weight is 575 g/mol. The van der Waals surface area contributed by atoms with Crippen molar-refractivity contribution < 1.29 is 27.2 Å². The number of halogens is 1. The third kappa shape index (κ3) is 5.50. The minimum atomic E-state index is -4.04. The van der Waals surface area contributed by atoms with Gasteiger partial charge >= 0.3 is 0 Å². The minimum Gasteiger partial charge on any atom is -0.496 e. The molecule has 206 valence electrons. The number of pyridine rings is 1. The van der Waals surface area contributed by atoms with Crippen LogP contribution in [0.2, 0.25) is 0 Å². The molecular formula is C25H27ClN6O6S. The Balaban J connectivity index is 1.34. The van der Waals surface area contributed by atoms with Crippen LogP contribution in [0, 0.1) is 5.92 Å². The Kier molecular flexibility index (Phi) is 7.62. The molecule has 1 fully saturated rings. The van der Waals surface area contributed by atoms with Crippen molar-refractivity contribution >= 4 is 50.0 Å². The predicted molar refractivity (Wildman–Crippen MR) is 144 cm³/mol. The van der Waals surface area contributed by atoms with Gasteiger partial charge < -0.3 is 18.9 Å². The summed E-state index contributed by atoms with van der Waals surface area (Å²) in [5.74, 6) is 0.659. The molecule has 1 aromatic carbocycles. The topological polar surface area (TPSA) is 142 Å². The molecule has 1 aliphatic rings. The van der Waals surface area contributed by atoms with E-state index in [1.807, 2.05) is 6.20 Å². The van der Waals surface area contributed by atoms with Gasteiger partial charge in [-0.15, -0.1) is 11.6 Å². The van der Waals surface area contributed by atoms with Crippen molar-refractivity contribution in [3.05, 3.63) is 48.4 Å². The Hall–Kier alpha value is -3.84. The molecule has 1 aliphatic heterocycles. The van der Waals surface area contributed by atoms with E-state index in [-0.39, 0.29) is 45.1 Å². The fourth-order valence-electron chi connectivity index (χ4n) is 4.64. The zero-order valence-corrected chi connectivity index (χ0v) is 22.9. The number of nitrogens with zero attached hydrogens (tertiary/aromatic N) is 5. The number of anilines is 2. The van der Waals surface area contributed by atoms with Gasteiger partial charge in [0.05, 0.1) is 44.2 Å². The summed E-state index contributed by atoms with van der Waals surface area (Å²) in [4.78, 5) is 18.5. The van der Waals surface area contributed by atoms with Crippen LogP contribution in [-0.2, 0) is 21.4 Å². The molecule has 39 heavy (non-hydrogen) atoms. The molecule has 0 spiro atoms. The van der Waals surface area contributed by atoms with Crippen molar-refractivity contribution in [2.75, 3.05) is 42.8 Å². The highest BCUT2D eigenvalue weighted by atomic mass is 35.5. The van der Waals surface area contributed by atoms with E-state index in [9.17, 15) is 13.2 Å². The molecular weight excluding hydrogens is 548 g/mol. The average Bonchev–Trinajstić information content (AvgIpc) is 3.59. The van der Waals surface area contributed by atoms with Crippen LogP contribution in [-0.4, -0.2) is 67.3 Å². The molecule has 4 heterocycles. The lowest BCUT2D eigenvalue weighted by Gasteiger charge is -2.31. The number of hydrogen-bond donors (Lipinski definition) is 1. The van der Waals surface area contributed by atoms with Gasteiger partial charge in [0.25, 0.3) is 15.7 Å². The zero-order chi connectivity index (χ0) is 27.6. The molecule has 5 rings (SSSR count). The maximum atomic E-state index is 13.1. The van der Waals surface area contributed by atoms with Gasteiger partial charge in [0.15, 0.2) is 11.6 Å². The van der Waals surface area contributed by atoms with E-state index in [1.54, 1.807) is 35.1 Å². The Morgan fingerprint density at radius 1 is 1.18 bits per heavy atom. The largest absolute Gasteiger partial charge is 0.496 e. The lowest BCUT2D eigenvalue weighted by Crippen LogP contribution is -2.36. The van der Waals surface area contributed by atoms with Gasteiger partial charge in [-0.2, -0.15) is 5.10 Å². The molecule has 0 bridgehead atoms. The highest BCUT2D eigenvalue weighted by molar-refractivity contribution is 7.92. The monoisotopic (exact) mass is 574 g/mol. The number of benzene rings is 1. The summed E-state index contributed by atoms with van der Waals surface area (Å²) in [7, 11) is -1.18. The van der Waals surface area contributed by atoms with Crippen LogP contribution in [0.15, 0.2) is 52.1 Å². The number of methoxy groups -OCH3 is 2. The Morgan fingerprint density at radius 3 is 2.64 bits per heavy atom. The summed E-state index contributed by atoms with van der Waals surface area (Å²) < 4.78 is 46.4. The first-order chi connectivity index (χ1) is 18.8. The van der Waals surface area contributed by atoms with Crippen LogP contribution < -0.4 is 19.1 Å². The number of fused-ring (bicyclic) bond motifs is 1. The number of piperidine rings is 1. The van der Waals surface area contributed by atoms with Gasteiger partial charge in [0.2, 0.25) is 0 Å². The number of hydrogen-bond acceptors (Lipinski definition) is 10. The van der Waals surface area contributed by atoms with Gasteiger partial charge in [-0.1, -0.05) is 17.3 Å². The number of Topliss-reactive ketones (excluding diaryl/α,β-unsaturated/α-hetero) is 1. The number of sulfonamides is 1. The summed E-state index contributed by atoms with van der Waals surface area (Å²) in [5, 5.41) is 8.64. The highest BCUT2D eigenvalue weighted by Gasteiger charge is 2.26. The third-order valence-corrected chi connectivity index (χ3v) is 8.31. The van der Waals surface area contributed by atoms with Gasteiger partial charge in [-0.25, -0.2) is 13.4 Å². The number of ketones is 1. The second kappa shape index (κ2) is 11.1. The van der Waals surface area contributed by atoms with E-state index in [0.29, 0.717) is 18.0 Å². The maximum Gasteiger partial charge on any atom is 0.266 e. The van der Waals surface area contributed by atoms with Crippen LogP contribution in [0.5, 0.6) is 11.5 Å². The number of para-hydroxylation sites is 1. The van der Waals surface area contributed by atoms with Crippen molar-refractivity contribution in [1.29, 1.82) is 0 Å². The van der Waals surface area contributed by atoms with Crippen molar-refractivity contribution in [3.63, 3.8) is 0 Å². The lowest BCUT2D eigenvalue weighted by molar-refractivity contribution is -0.120. The quantitative estimate of drug-likeness (QED) is 0.280. The number of carbonyl (C=O) groups excluding carboxylic acids is 1. The third-order valence-electron chi connectivity index (χ3n) is 6.66. The Morgan fingerprint density at radius 2 is 1.92 bits per heavy atom. The number of rotatable bonds is 10. The molecule has 12 nitrogen and oxygen atoms in total. The van der Waals surface area contributed by atoms with Crippen molar-refractivity contribution in [1.82, 2.24) is 19.9 Å². The normalized spacial score (nSPS) is 14.5. The SMILES string of the molecule is COc1ccccc1S(=O)(=O)Nc1noc2nc(Cn3cc(N4CCC(C(=O)CCl)CC4)cn3)cc(OC)c12. The highest BCUT2D eigenvalue weighted by Crippen LogP contribution is 2.34. The van der Waals surface area contributed by atoms with Gasteiger partial charge in [0.1, 0.15) is 21.8 Å². The van der Waals surface area contributed by atoms with Crippen LogP contribution in [0.25, 0.3) is 11.1 Å². The van der Waals surface area contributed by atoms with Gasteiger partial charge in [-0.3, -0.25) is 14.2 Å². The van der Waals surface area contributed by atoms with Gasteiger partial charge in [0, 0.05) is 31.3 Å².